The second-order valence-electron chi connectivity index (χ2n) is 4.42. The number of nitrogens with two attached hydrogens (primary N) is 1. The molecular formula is C13H27N3O2. The van der Waals surface area contributed by atoms with Crippen molar-refractivity contribution < 1.29 is 9.59 Å². The van der Waals surface area contributed by atoms with Gasteiger partial charge >= 0.3 is 0 Å². The molecule has 0 aromatic rings. The van der Waals surface area contributed by atoms with Gasteiger partial charge in [0.2, 0.25) is 11.8 Å². The van der Waals surface area contributed by atoms with Gasteiger partial charge in [-0.15, -0.1) is 0 Å². The van der Waals surface area contributed by atoms with Gasteiger partial charge in [-0.05, 0) is 20.3 Å². The fourth-order valence-corrected chi connectivity index (χ4v) is 1.83. The molecule has 3 N–H and O–H groups in total. The molecule has 0 spiro atoms. The van der Waals surface area contributed by atoms with E-state index in [0.29, 0.717) is 32.5 Å². The van der Waals surface area contributed by atoms with Gasteiger partial charge in [0.25, 0.3) is 0 Å². The first-order chi connectivity index (χ1) is 8.54. The lowest BCUT2D eigenvalue weighted by atomic mass is 10.1. The molecule has 1 unspecified atom stereocenters. The highest BCUT2D eigenvalue weighted by molar-refractivity contribution is 5.79. The van der Waals surface area contributed by atoms with E-state index in [1.54, 1.807) is 4.90 Å². The summed E-state index contributed by atoms with van der Waals surface area (Å²) in [6, 6.07) is -0.0755. The summed E-state index contributed by atoms with van der Waals surface area (Å²) in [5.74, 6) is 0.0152. The van der Waals surface area contributed by atoms with Crippen LogP contribution in [-0.4, -0.2) is 42.4 Å². The maximum absolute atomic E-state index is 11.7. The standard InChI is InChI=1S/C13H27N3O2/c1-4-7-11(14)10-12(17)15-9-8-13(18)16(5-2)6-3/h11H,4-10,14H2,1-3H3,(H,15,17). The van der Waals surface area contributed by atoms with E-state index in [2.05, 4.69) is 5.32 Å². The lowest BCUT2D eigenvalue weighted by Crippen LogP contribution is -2.36. The summed E-state index contributed by atoms with van der Waals surface area (Å²) in [5.41, 5.74) is 5.77. The smallest absolute Gasteiger partial charge is 0.224 e. The molecule has 18 heavy (non-hydrogen) atoms. The highest BCUT2D eigenvalue weighted by Gasteiger charge is 2.11. The maximum atomic E-state index is 11.7. The molecule has 0 radical (unpaired) electrons. The predicted octanol–water partition coefficient (Wildman–Crippen LogP) is 0.879. The average Bonchev–Trinajstić information content (AvgIpc) is 2.30. The molecule has 0 rings (SSSR count). The van der Waals surface area contributed by atoms with Gasteiger partial charge in [-0.25, -0.2) is 0 Å². The molecule has 106 valence electrons. The molecular weight excluding hydrogens is 230 g/mol. The largest absolute Gasteiger partial charge is 0.356 e. The zero-order valence-corrected chi connectivity index (χ0v) is 11.9. The van der Waals surface area contributed by atoms with E-state index in [0.717, 1.165) is 12.8 Å². The second kappa shape index (κ2) is 9.88. The van der Waals surface area contributed by atoms with Crippen LogP contribution in [0.25, 0.3) is 0 Å². The second-order valence-corrected chi connectivity index (χ2v) is 4.42. The van der Waals surface area contributed by atoms with Gasteiger partial charge in [0, 0.05) is 38.5 Å². The van der Waals surface area contributed by atoms with E-state index in [1.807, 2.05) is 20.8 Å². The molecule has 0 aromatic heterocycles. The quantitative estimate of drug-likeness (QED) is 0.644. The van der Waals surface area contributed by atoms with E-state index in [-0.39, 0.29) is 17.9 Å². The number of nitrogens with one attached hydrogen (secondary N) is 1. The number of hydrogen-bond acceptors (Lipinski definition) is 3. The first kappa shape index (κ1) is 16.9. The van der Waals surface area contributed by atoms with Crippen LogP contribution in [0.15, 0.2) is 0 Å². The Bertz CT molecular complexity index is 253. The SMILES string of the molecule is CCCC(N)CC(=O)NCCC(=O)N(CC)CC. The summed E-state index contributed by atoms with van der Waals surface area (Å²) in [4.78, 5) is 24.9. The van der Waals surface area contributed by atoms with Gasteiger partial charge < -0.3 is 16.0 Å². The van der Waals surface area contributed by atoms with E-state index in [4.69, 9.17) is 5.73 Å². The third kappa shape index (κ3) is 7.27. The third-order valence-corrected chi connectivity index (χ3v) is 2.88. The molecule has 0 bridgehead atoms. The Morgan fingerprint density at radius 1 is 1.22 bits per heavy atom. The van der Waals surface area contributed by atoms with Crippen molar-refractivity contribution in [3.8, 4) is 0 Å². The molecule has 0 aromatic carbocycles. The number of carbonyl (C=O) groups excluding carboxylic acids is 2. The minimum Gasteiger partial charge on any atom is -0.356 e. The first-order valence-electron chi connectivity index (χ1n) is 6.85. The molecule has 0 saturated heterocycles. The topological polar surface area (TPSA) is 75.4 Å². The number of hydrogen-bond donors (Lipinski definition) is 2. The highest BCUT2D eigenvalue weighted by atomic mass is 16.2. The van der Waals surface area contributed by atoms with Gasteiger partial charge in [0.1, 0.15) is 0 Å². The Morgan fingerprint density at radius 2 is 1.83 bits per heavy atom. The van der Waals surface area contributed by atoms with Gasteiger partial charge in [-0.3, -0.25) is 9.59 Å². The summed E-state index contributed by atoms with van der Waals surface area (Å²) in [6.45, 7) is 7.76. The summed E-state index contributed by atoms with van der Waals surface area (Å²) < 4.78 is 0. The van der Waals surface area contributed by atoms with Crippen molar-refractivity contribution in [3.05, 3.63) is 0 Å². The fraction of sp³-hybridized carbons (Fsp3) is 0.846. The summed E-state index contributed by atoms with van der Waals surface area (Å²) >= 11 is 0. The van der Waals surface area contributed by atoms with Crippen LogP contribution in [0.5, 0.6) is 0 Å². The summed E-state index contributed by atoms with van der Waals surface area (Å²) in [5, 5.41) is 2.74. The van der Waals surface area contributed by atoms with Crippen LogP contribution in [0.1, 0.15) is 46.5 Å². The van der Waals surface area contributed by atoms with Crippen molar-refractivity contribution in [3.63, 3.8) is 0 Å². The minimum absolute atomic E-state index is 0.0664. The van der Waals surface area contributed by atoms with E-state index >= 15 is 0 Å². The van der Waals surface area contributed by atoms with Crippen LogP contribution in [0.4, 0.5) is 0 Å². The zero-order chi connectivity index (χ0) is 14.0. The summed E-state index contributed by atoms with van der Waals surface area (Å²) in [7, 11) is 0. The minimum atomic E-state index is -0.0755. The number of nitrogens with zero attached hydrogens (tertiary/aromatic N) is 1. The van der Waals surface area contributed by atoms with Crippen LogP contribution in [-0.2, 0) is 9.59 Å². The Morgan fingerprint density at radius 3 is 2.33 bits per heavy atom. The molecule has 0 fully saturated rings. The van der Waals surface area contributed by atoms with Gasteiger partial charge in [0.05, 0.1) is 0 Å². The van der Waals surface area contributed by atoms with E-state index < -0.39 is 0 Å². The monoisotopic (exact) mass is 257 g/mol. The summed E-state index contributed by atoms with van der Waals surface area (Å²) in [6.07, 6.45) is 2.53. The van der Waals surface area contributed by atoms with E-state index in [1.165, 1.54) is 0 Å². The Kier molecular flexibility index (Phi) is 9.28. The van der Waals surface area contributed by atoms with E-state index in [9.17, 15) is 9.59 Å². The Balaban J connectivity index is 3.77. The van der Waals surface area contributed by atoms with Gasteiger partial charge in [-0.2, -0.15) is 0 Å². The average molecular weight is 257 g/mol. The molecule has 0 saturated carbocycles. The van der Waals surface area contributed by atoms with Crippen molar-refractivity contribution in [2.75, 3.05) is 19.6 Å². The molecule has 0 aliphatic rings. The highest BCUT2D eigenvalue weighted by Crippen LogP contribution is 1.98. The molecule has 2 amide bonds. The fourth-order valence-electron chi connectivity index (χ4n) is 1.83. The van der Waals surface area contributed by atoms with Gasteiger partial charge in [0.15, 0.2) is 0 Å². The molecule has 0 aliphatic heterocycles. The molecule has 1 atom stereocenters. The van der Waals surface area contributed by atoms with Crippen LogP contribution in [0, 0.1) is 0 Å². The van der Waals surface area contributed by atoms with Crippen molar-refractivity contribution >= 4 is 11.8 Å². The number of rotatable bonds is 9. The Labute approximate surface area is 110 Å². The lowest BCUT2D eigenvalue weighted by Gasteiger charge is -2.18. The van der Waals surface area contributed by atoms with Crippen molar-refractivity contribution in [2.24, 2.45) is 5.73 Å². The normalized spacial score (nSPS) is 12.0. The van der Waals surface area contributed by atoms with Crippen molar-refractivity contribution in [1.29, 1.82) is 0 Å². The molecule has 0 aliphatic carbocycles. The maximum Gasteiger partial charge on any atom is 0.224 e. The van der Waals surface area contributed by atoms with Crippen LogP contribution in [0.3, 0.4) is 0 Å². The third-order valence-electron chi connectivity index (χ3n) is 2.88. The molecule has 0 heterocycles. The molecule has 5 nitrogen and oxygen atoms in total. The van der Waals surface area contributed by atoms with Crippen molar-refractivity contribution in [1.82, 2.24) is 10.2 Å². The van der Waals surface area contributed by atoms with Crippen LogP contribution >= 0.6 is 0 Å². The number of carbonyl (C=O) groups is 2. The van der Waals surface area contributed by atoms with Gasteiger partial charge in [-0.1, -0.05) is 13.3 Å². The lowest BCUT2D eigenvalue weighted by molar-refractivity contribution is -0.130. The van der Waals surface area contributed by atoms with Crippen molar-refractivity contribution in [2.45, 2.75) is 52.5 Å². The van der Waals surface area contributed by atoms with Crippen LogP contribution in [0.2, 0.25) is 0 Å². The Hall–Kier alpha value is -1.10. The first-order valence-corrected chi connectivity index (χ1v) is 6.85. The van der Waals surface area contributed by atoms with Crippen LogP contribution < -0.4 is 11.1 Å². The number of amides is 2. The predicted molar refractivity (Wildman–Crippen MR) is 73.1 cm³/mol. The molecule has 5 heteroatoms. The zero-order valence-electron chi connectivity index (χ0n) is 11.9.